The number of nitriles is 1. The predicted octanol–water partition coefficient (Wildman–Crippen LogP) is 5.48. The molecule has 0 radical (unpaired) electrons. The summed E-state index contributed by atoms with van der Waals surface area (Å²) in [5, 5.41) is 14.5. The number of fused-ring (bicyclic) bond motifs is 6. The Labute approximate surface area is 128 Å². The summed E-state index contributed by atoms with van der Waals surface area (Å²) >= 11 is 6.50. The first-order valence-corrected chi connectivity index (χ1v) is 7.41. The van der Waals surface area contributed by atoms with E-state index in [1.54, 1.807) is 6.07 Å². The van der Waals surface area contributed by atoms with Crippen LogP contribution >= 0.6 is 11.6 Å². The van der Waals surface area contributed by atoms with E-state index < -0.39 is 0 Å². The molecular weight excluding hydrogens is 278 g/mol. The van der Waals surface area contributed by atoms with Gasteiger partial charge in [-0.25, -0.2) is 0 Å². The summed E-state index contributed by atoms with van der Waals surface area (Å²) in [4.78, 5) is 0. The Hall–Kier alpha value is -2.30. The Morgan fingerprint density at radius 1 is 1.05 bits per heavy atom. The SMILES string of the molecule is N#Cc1cc(Cl)c2c3c(c4ccccc4c2c1)C=CCC3. The average molecular weight is 290 g/mol. The van der Waals surface area contributed by atoms with Crippen LogP contribution in [0.1, 0.15) is 23.1 Å². The quantitative estimate of drug-likeness (QED) is 0.503. The van der Waals surface area contributed by atoms with E-state index in [9.17, 15) is 5.26 Å². The van der Waals surface area contributed by atoms with Crippen molar-refractivity contribution < 1.29 is 0 Å². The van der Waals surface area contributed by atoms with Crippen LogP contribution in [0.4, 0.5) is 0 Å². The molecule has 21 heavy (non-hydrogen) atoms. The molecule has 0 aromatic heterocycles. The van der Waals surface area contributed by atoms with Gasteiger partial charge in [-0.2, -0.15) is 5.26 Å². The molecule has 0 atom stereocenters. The van der Waals surface area contributed by atoms with Crippen molar-refractivity contribution >= 4 is 39.2 Å². The zero-order chi connectivity index (χ0) is 14.4. The molecule has 0 unspecified atom stereocenters. The topological polar surface area (TPSA) is 23.8 Å². The van der Waals surface area contributed by atoms with Crippen LogP contribution in [-0.4, -0.2) is 0 Å². The summed E-state index contributed by atoms with van der Waals surface area (Å²) in [5.74, 6) is 0. The highest BCUT2D eigenvalue weighted by Crippen LogP contribution is 2.40. The van der Waals surface area contributed by atoms with Crippen LogP contribution in [0.15, 0.2) is 42.5 Å². The van der Waals surface area contributed by atoms with Crippen LogP contribution in [-0.2, 0) is 6.42 Å². The summed E-state index contributed by atoms with van der Waals surface area (Å²) in [6.45, 7) is 0. The number of hydrogen-bond donors (Lipinski definition) is 0. The van der Waals surface area contributed by atoms with Crippen molar-refractivity contribution in [2.75, 3.05) is 0 Å². The number of rotatable bonds is 0. The number of aryl methyl sites for hydroxylation is 1. The summed E-state index contributed by atoms with van der Waals surface area (Å²) in [6.07, 6.45) is 6.46. The van der Waals surface area contributed by atoms with Crippen LogP contribution in [0.5, 0.6) is 0 Å². The molecule has 1 aliphatic carbocycles. The largest absolute Gasteiger partial charge is 0.192 e. The average Bonchev–Trinajstić information content (AvgIpc) is 2.54. The van der Waals surface area contributed by atoms with E-state index in [1.807, 2.05) is 12.1 Å². The molecule has 0 saturated carbocycles. The van der Waals surface area contributed by atoms with Gasteiger partial charge >= 0.3 is 0 Å². The summed E-state index contributed by atoms with van der Waals surface area (Å²) in [7, 11) is 0. The number of hydrogen-bond acceptors (Lipinski definition) is 1. The second-order valence-electron chi connectivity index (χ2n) is 5.37. The van der Waals surface area contributed by atoms with Crippen molar-refractivity contribution in [3.8, 4) is 6.07 Å². The van der Waals surface area contributed by atoms with E-state index in [0.29, 0.717) is 10.6 Å². The molecule has 0 saturated heterocycles. The summed E-state index contributed by atoms with van der Waals surface area (Å²) in [5.41, 5.74) is 3.20. The Kier molecular flexibility index (Phi) is 2.74. The molecule has 4 rings (SSSR count). The minimum absolute atomic E-state index is 0.615. The van der Waals surface area contributed by atoms with Crippen LogP contribution < -0.4 is 0 Å². The summed E-state index contributed by atoms with van der Waals surface area (Å²) < 4.78 is 0. The lowest BCUT2D eigenvalue weighted by molar-refractivity contribution is 1.00. The molecule has 0 fully saturated rings. The van der Waals surface area contributed by atoms with Crippen molar-refractivity contribution in [1.82, 2.24) is 0 Å². The third kappa shape index (κ3) is 1.77. The third-order valence-electron chi connectivity index (χ3n) is 4.20. The van der Waals surface area contributed by atoms with Gasteiger partial charge in [0.2, 0.25) is 0 Å². The lowest BCUT2D eigenvalue weighted by atomic mass is 9.86. The molecule has 3 aromatic carbocycles. The van der Waals surface area contributed by atoms with Crippen molar-refractivity contribution in [3.05, 3.63) is 64.2 Å². The van der Waals surface area contributed by atoms with Gasteiger partial charge in [0, 0.05) is 5.39 Å². The molecule has 0 amide bonds. The molecule has 0 spiro atoms. The van der Waals surface area contributed by atoms with Gasteiger partial charge in [-0.1, -0.05) is 48.0 Å². The second-order valence-corrected chi connectivity index (χ2v) is 5.78. The summed E-state index contributed by atoms with van der Waals surface area (Å²) in [6, 6.07) is 14.3. The van der Waals surface area contributed by atoms with Gasteiger partial charge in [-0.15, -0.1) is 0 Å². The fourth-order valence-electron chi connectivity index (χ4n) is 3.32. The highest BCUT2D eigenvalue weighted by atomic mass is 35.5. The molecular formula is C19H12ClN. The molecule has 100 valence electrons. The van der Waals surface area contributed by atoms with E-state index >= 15 is 0 Å². The Morgan fingerprint density at radius 2 is 1.86 bits per heavy atom. The van der Waals surface area contributed by atoms with Crippen molar-refractivity contribution in [1.29, 1.82) is 5.26 Å². The highest BCUT2D eigenvalue weighted by molar-refractivity contribution is 6.37. The molecule has 2 heteroatoms. The first-order chi connectivity index (χ1) is 10.3. The highest BCUT2D eigenvalue weighted by Gasteiger charge is 2.17. The van der Waals surface area contributed by atoms with Crippen LogP contribution in [0.3, 0.4) is 0 Å². The van der Waals surface area contributed by atoms with Crippen molar-refractivity contribution in [3.63, 3.8) is 0 Å². The first-order valence-electron chi connectivity index (χ1n) is 7.03. The normalized spacial score (nSPS) is 13.3. The van der Waals surface area contributed by atoms with Gasteiger partial charge in [0.25, 0.3) is 0 Å². The fraction of sp³-hybridized carbons (Fsp3) is 0.105. The Morgan fingerprint density at radius 3 is 2.67 bits per heavy atom. The van der Waals surface area contributed by atoms with Gasteiger partial charge in [-0.05, 0) is 52.3 Å². The standard InChI is InChI=1S/C19H12ClN/c20-18-10-12(11-21)9-17-15-7-2-1-5-13(15)14-6-3-4-8-16(14)19(17)18/h1-3,5-7,9-10H,4,8H2. The number of halogens is 1. The maximum absolute atomic E-state index is 9.21. The molecule has 0 aliphatic heterocycles. The van der Waals surface area contributed by atoms with E-state index in [1.165, 1.54) is 16.5 Å². The smallest absolute Gasteiger partial charge is 0.0992 e. The molecule has 1 aliphatic rings. The maximum Gasteiger partial charge on any atom is 0.0992 e. The monoisotopic (exact) mass is 289 g/mol. The van der Waals surface area contributed by atoms with E-state index in [2.05, 4.69) is 36.4 Å². The Bertz CT molecular complexity index is 961. The number of allylic oxidation sites excluding steroid dienone is 1. The lowest BCUT2D eigenvalue weighted by Crippen LogP contribution is -1.98. The fourth-order valence-corrected chi connectivity index (χ4v) is 3.65. The molecule has 0 bridgehead atoms. The second kappa shape index (κ2) is 4.62. The van der Waals surface area contributed by atoms with Gasteiger partial charge < -0.3 is 0 Å². The zero-order valence-electron chi connectivity index (χ0n) is 11.4. The minimum atomic E-state index is 0.615. The van der Waals surface area contributed by atoms with Crippen molar-refractivity contribution in [2.24, 2.45) is 0 Å². The number of nitrogens with zero attached hydrogens (tertiary/aromatic N) is 1. The minimum Gasteiger partial charge on any atom is -0.192 e. The van der Waals surface area contributed by atoms with Crippen LogP contribution in [0.2, 0.25) is 5.02 Å². The van der Waals surface area contributed by atoms with E-state index in [-0.39, 0.29) is 0 Å². The Balaban J connectivity index is 2.32. The lowest BCUT2D eigenvalue weighted by Gasteiger charge is -2.18. The third-order valence-corrected chi connectivity index (χ3v) is 4.50. The van der Waals surface area contributed by atoms with Gasteiger partial charge in [0.15, 0.2) is 0 Å². The number of benzene rings is 3. The molecule has 0 heterocycles. The predicted molar refractivity (Wildman–Crippen MR) is 88.5 cm³/mol. The molecule has 0 N–H and O–H groups in total. The van der Waals surface area contributed by atoms with Gasteiger partial charge in [0.1, 0.15) is 0 Å². The van der Waals surface area contributed by atoms with Gasteiger partial charge in [-0.3, -0.25) is 0 Å². The van der Waals surface area contributed by atoms with Crippen molar-refractivity contribution in [2.45, 2.75) is 12.8 Å². The van der Waals surface area contributed by atoms with Crippen LogP contribution in [0, 0.1) is 11.3 Å². The van der Waals surface area contributed by atoms with E-state index in [0.717, 1.165) is 29.0 Å². The van der Waals surface area contributed by atoms with Gasteiger partial charge in [0.05, 0.1) is 16.7 Å². The zero-order valence-corrected chi connectivity index (χ0v) is 12.1. The first kappa shape index (κ1) is 12.4. The molecule has 1 nitrogen and oxygen atoms in total. The molecule has 3 aromatic rings. The van der Waals surface area contributed by atoms with Crippen LogP contribution in [0.25, 0.3) is 27.6 Å². The maximum atomic E-state index is 9.21. The van der Waals surface area contributed by atoms with E-state index in [4.69, 9.17) is 11.6 Å².